The summed E-state index contributed by atoms with van der Waals surface area (Å²) in [6, 6.07) is 0. The maximum atomic E-state index is 12.2. The summed E-state index contributed by atoms with van der Waals surface area (Å²) in [7, 11) is 0. The van der Waals surface area contributed by atoms with Crippen LogP contribution in [0.5, 0.6) is 0 Å². The van der Waals surface area contributed by atoms with E-state index in [1.54, 1.807) is 0 Å². The van der Waals surface area contributed by atoms with Gasteiger partial charge in [-0.1, -0.05) is 29.4 Å². The summed E-state index contributed by atoms with van der Waals surface area (Å²) >= 11 is 0. The van der Waals surface area contributed by atoms with Gasteiger partial charge in [-0.05, 0) is 59.0 Å². The zero-order chi connectivity index (χ0) is 12.8. The monoisotopic (exact) mass is 232 g/mol. The summed E-state index contributed by atoms with van der Waals surface area (Å²) in [5.41, 5.74) is 3.60. The maximum absolute atomic E-state index is 12.2. The van der Waals surface area contributed by atoms with E-state index >= 15 is 0 Å². The molecule has 0 fully saturated rings. The summed E-state index contributed by atoms with van der Waals surface area (Å²) in [5, 5.41) is 0. The van der Waals surface area contributed by atoms with E-state index in [-0.39, 0.29) is 5.92 Å². The van der Waals surface area contributed by atoms with Crippen LogP contribution >= 0.6 is 0 Å². The van der Waals surface area contributed by atoms with E-state index < -0.39 is 0 Å². The minimum atomic E-state index is 0.218. The van der Waals surface area contributed by atoms with E-state index in [4.69, 9.17) is 0 Å². The van der Waals surface area contributed by atoms with Crippen LogP contribution in [0.2, 0.25) is 0 Å². The first-order chi connectivity index (χ1) is 8.00. The van der Waals surface area contributed by atoms with Gasteiger partial charge in [0.1, 0.15) is 0 Å². The van der Waals surface area contributed by atoms with Crippen molar-refractivity contribution in [1.29, 1.82) is 0 Å². The van der Waals surface area contributed by atoms with Gasteiger partial charge >= 0.3 is 0 Å². The molecular weight excluding hydrogens is 208 g/mol. The largest absolute Gasteiger partial charge is 0.294 e. The smallest absolute Gasteiger partial charge is 0.162 e. The second-order valence-corrected chi connectivity index (χ2v) is 5.37. The molecule has 1 rings (SSSR count). The van der Waals surface area contributed by atoms with Crippen molar-refractivity contribution in [3.05, 3.63) is 34.9 Å². The molecule has 17 heavy (non-hydrogen) atoms. The molecule has 1 aliphatic carbocycles. The number of carbonyl (C=O) groups is 1. The molecule has 0 heterocycles. The highest BCUT2D eigenvalue weighted by molar-refractivity contribution is 5.98. The minimum absolute atomic E-state index is 0.218. The Labute approximate surface area is 105 Å². The third-order valence-corrected chi connectivity index (χ3v) is 3.13. The lowest BCUT2D eigenvalue weighted by atomic mass is 9.83. The number of carbonyl (C=O) groups excluding carboxylic acids is 1. The molecule has 0 aliphatic heterocycles. The van der Waals surface area contributed by atoms with Crippen LogP contribution in [-0.2, 0) is 4.79 Å². The van der Waals surface area contributed by atoms with Gasteiger partial charge in [0.15, 0.2) is 5.78 Å². The zero-order valence-corrected chi connectivity index (χ0v) is 11.5. The fraction of sp³-hybridized carbons (Fsp3) is 0.562. The molecule has 1 atom stereocenters. The number of hydrogen-bond acceptors (Lipinski definition) is 1. The summed E-state index contributed by atoms with van der Waals surface area (Å²) in [5.74, 6) is 0.585. The minimum Gasteiger partial charge on any atom is -0.294 e. The Kier molecular flexibility index (Phi) is 5.40. The van der Waals surface area contributed by atoms with Crippen LogP contribution in [0.15, 0.2) is 34.9 Å². The predicted octanol–water partition coefficient (Wildman–Crippen LogP) is 4.60. The molecule has 0 unspecified atom stereocenters. The average molecular weight is 232 g/mol. The van der Waals surface area contributed by atoms with E-state index in [2.05, 4.69) is 45.9 Å². The van der Waals surface area contributed by atoms with Gasteiger partial charge in [0.2, 0.25) is 0 Å². The van der Waals surface area contributed by atoms with E-state index in [9.17, 15) is 4.79 Å². The van der Waals surface area contributed by atoms with Gasteiger partial charge in [0, 0.05) is 5.92 Å². The molecule has 0 saturated heterocycles. The highest BCUT2D eigenvalue weighted by Crippen LogP contribution is 2.26. The van der Waals surface area contributed by atoms with E-state index in [1.165, 1.54) is 11.1 Å². The Hall–Kier alpha value is -1.11. The van der Waals surface area contributed by atoms with Crippen LogP contribution in [0, 0.1) is 5.92 Å². The van der Waals surface area contributed by atoms with Gasteiger partial charge in [-0.3, -0.25) is 4.79 Å². The average Bonchev–Trinajstić information content (AvgIpc) is 2.25. The third-order valence-electron chi connectivity index (χ3n) is 3.13. The van der Waals surface area contributed by atoms with Crippen LogP contribution in [0.3, 0.4) is 0 Å². The lowest BCUT2D eigenvalue weighted by Gasteiger charge is -2.20. The van der Waals surface area contributed by atoms with E-state index in [0.29, 0.717) is 5.78 Å². The lowest BCUT2D eigenvalue weighted by Crippen LogP contribution is -2.19. The number of Topliss-reactive ketones (excluding diaryl/α,β-unsaturated/α-hetero) is 1. The van der Waals surface area contributed by atoms with Crippen LogP contribution in [0.25, 0.3) is 0 Å². The first-order valence-electron chi connectivity index (χ1n) is 6.50. The molecule has 1 nitrogen and oxygen atoms in total. The van der Waals surface area contributed by atoms with E-state index in [0.717, 1.165) is 31.3 Å². The van der Waals surface area contributed by atoms with Gasteiger partial charge in [-0.2, -0.15) is 0 Å². The van der Waals surface area contributed by atoms with Gasteiger partial charge in [-0.15, -0.1) is 0 Å². The number of allylic oxidation sites excluding steroid dienone is 6. The normalized spacial score (nSPS) is 19.6. The number of ketones is 1. The Bertz CT molecular complexity index is 361. The second-order valence-electron chi connectivity index (χ2n) is 5.37. The van der Waals surface area contributed by atoms with Crippen LogP contribution < -0.4 is 0 Å². The van der Waals surface area contributed by atoms with Gasteiger partial charge < -0.3 is 0 Å². The van der Waals surface area contributed by atoms with Crippen molar-refractivity contribution in [2.45, 2.75) is 53.4 Å². The first-order valence-corrected chi connectivity index (χ1v) is 6.50. The zero-order valence-electron chi connectivity index (χ0n) is 11.5. The van der Waals surface area contributed by atoms with Gasteiger partial charge in [0.05, 0.1) is 0 Å². The number of hydrogen-bond donors (Lipinski definition) is 0. The fourth-order valence-electron chi connectivity index (χ4n) is 2.05. The molecule has 0 amide bonds. The van der Waals surface area contributed by atoms with Crippen molar-refractivity contribution in [2.24, 2.45) is 5.92 Å². The first kappa shape index (κ1) is 14.0. The van der Waals surface area contributed by atoms with Crippen molar-refractivity contribution in [1.82, 2.24) is 0 Å². The molecule has 0 aromatic rings. The molecule has 1 heteroatoms. The molecule has 0 aromatic heterocycles. The van der Waals surface area contributed by atoms with Crippen molar-refractivity contribution < 1.29 is 4.79 Å². The van der Waals surface area contributed by atoms with Gasteiger partial charge in [-0.25, -0.2) is 0 Å². The topological polar surface area (TPSA) is 17.1 Å². The predicted molar refractivity (Wildman–Crippen MR) is 73.9 cm³/mol. The van der Waals surface area contributed by atoms with Crippen LogP contribution in [0.1, 0.15) is 53.4 Å². The van der Waals surface area contributed by atoms with E-state index in [1.807, 2.05) is 0 Å². The lowest BCUT2D eigenvalue weighted by molar-refractivity contribution is -0.119. The molecule has 0 N–H and O–H groups in total. The van der Waals surface area contributed by atoms with Crippen molar-refractivity contribution >= 4 is 5.78 Å². The Morgan fingerprint density at radius 1 is 1.24 bits per heavy atom. The molecule has 0 saturated carbocycles. The highest BCUT2D eigenvalue weighted by atomic mass is 16.1. The van der Waals surface area contributed by atoms with Crippen LogP contribution in [-0.4, -0.2) is 5.78 Å². The quantitative estimate of drug-likeness (QED) is 0.647. The molecule has 0 aromatic carbocycles. The van der Waals surface area contributed by atoms with Crippen LogP contribution in [0.4, 0.5) is 0 Å². The number of rotatable bonds is 4. The Morgan fingerprint density at radius 2 is 1.88 bits per heavy atom. The summed E-state index contributed by atoms with van der Waals surface area (Å²) in [6.45, 7) is 8.34. The highest BCUT2D eigenvalue weighted by Gasteiger charge is 2.23. The fourth-order valence-corrected chi connectivity index (χ4v) is 2.05. The Morgan fingerprint density at radius 3 is 2.47 bits per heavy atom. The standard InChI is InChI=1S/C16H24O/c1-12(2)8-10-14-6-5-7-15(16(14)17)11-9-13(3)4/h6,8-9,15H,5,7,10-11H2,1-4H3/t15-/m0/s1. The molecule has 94 valence electrons. The van der Waals surface area contributed by atoms with Crippen molar-refractivity contribution in [3.8, 4) is 0 Å². The van der Waals surface area contributed by atoms with Gasteiger partial charge in [0.25, 0.3) is 0 Å². The SMILES string of the molecule is CC(C)=CCC1=CCC[C@@H](CC=C(C)C)C1=O. The van der Waals surface area contributed by atoms with Crippen molar-refractivity contribution in [2.75, 3.05) is 0 Å². The molecule has 0 bridgehead atoms. The third kappa shape index (κ3) is 4.72. The summed E-state index contributed by atoms with van der Waals surface area (Å²) in [6.07, 6.45) is 10.2. The molecule has 1 aliphatic rings. The summed E-state index contributed by atoms with van der Waals surface area (Å²) < 4.78 is 0. The molecule has 0 spiro atoms. The van der Waals surface area contributed by atoms with Crippen molar-refractivity contribution in [3.63, 3.8) is 0 Å². The maximum Gasteiger partial charge on any atom is 0.162 e. The molecule has 0 radical (unpaired) electrons. The summed E-state index contributed by atoms with van der Waals surface area (Å²) in [4.78, 5) is 12.2. The molecular formula is C16H24O. The second kappa shape index (κ2) is 6.58. The Balaban J connectivity index is 2.64.